The lowest BCUT2D eigenvalue weighted by Gasteiger charge is -2.31. The first-order valence-corrected chi connectivity index (χ1v) is 6.06. The molecule has 96 valence electrons. The molecule has 1 aromatic rings. The van der Waals surface area contributed by atoms with Gasteiger partial charge in [0.15, 0.2) is 0 Å². The Balaban J connectivity index is 2.11. The molecule has 1 aromatic carbocycles. The van der Waals surface area contributed by atoms with Gasteiger partial charge in [-0.1, -0.05) is 37.3 Å². The number of carbonyl (C=O) groups excluding carboxylic acids is 1. The molecule has 1 amide bonds. The molecule has 1 heterocycles. The van der Waals surface area contributed by atoms with Gasteiger partial charge in [-0.15, -0.1) is 0 Å². The van der Waals surface area contributed by atoms with E-state index in [-0.39, 0.29) is 11.8 Å². The molecule has 0 aromatic heterocycles. The number of nitrogens with zero attached hydrogens (tertiary/aromatic N) is 2. The summed E-state index contributed by atoms with van der Waals surface area (Å²) in [6, 6.07) is 8.47. The van der Waals surface area contributed by atoms with Crippen LogP contribution in [0.2, 0.25) is 0 Å². The summed E-state index contributed by atoms with van der Waals surface area (Å²) in [5.41, 5.74) is 1.00. The van der Waals surface area contributed by atoms with Crippen LogP contribution < -0.4 is 0 Å². The Hall–Kier alpha value is -1.91. The van der Waals surface area contributed by atoms with Crippen molar-refractivity contribution in [2.75, 3.05) is 6.54 Å². The second-order valence-electron chi connectivity index (χ2n) is 4.74. The minimum absolute atomic E-state index is 0.181. The van der Waals surface area contributed by atoms with Crippen molar-refractivity contribution in [2.45, 2.75) is 25.9 Å². The molecule has 5 nitrogen and oxygen atoms in total. The van der Waals surface area contributed by atoms with Crippen LogP contribution >= 0.6 is 0 Å². The van der Waals surface area contributed by atoms with Gasteiger partial charge in [-0.2, -0.15) is 0 Å². The topological polar surface area (TPSA) is 63.5 Å². The molecule has 0 radical (unpaired) electrons. The second-order valence-corrected chi connectivity index (χ2v) is 4.74. The molecule has 1 saturated heterocycles. The Morgan fingerprint density at radius 3 is 2.67 bits per heavy atom. The highest BCUT2D eigenvalue weighted by atomic mass is 16.6. The maximum Gasteiger partial charge on any atom is 0.297 e. The Morgan fingerprint density at radius 1 is 1.39 bits per heavy atom. The number of hydrogen-bond acceptors (Lipinski definition) is 3. The van der Waals surface area contributed by atoms with E-state index in [0.29, 0.717) is 19.5 Å². The van der Waals surface area contributed by atoms with Crippen molar-refractivity contribution in [3.8, 4) is 0 Å². The molecule has 5 heteroatoms. The largest absolute Gasteiger partial charge is 0.332 e. The number of piperidine rings is 1. The average Bonchev–Trinajstić information content (AvgIpc) is 2.34. The summed E-state index contributed by atoms with van der Waals surface area (Å²) in [5, 5.41) is 10.9. The lowest BCUT2D eigenvalue weighted by atomic mass is 9.93. The molecular formula is C13H16N2O3. The monoisotopic (exact) mass is 248 g/mol. The van der Waals surface area contributed by atoms with Gasteiger partial charge in [0, 0.05) is 23.9 Å². The van der Waals surface area contributed by atoms with Gasteiger partial charge in [0.25, 0.3) is 11.9 Å². The van der Waals surface area contributed by atoms with Crippen molar-refractivity contribution in [1.82, 2.24) is 4.90 Å². The molecule has 1 aliphatic heterocycles. The van der Waals surface area contributed by atoms with Gasteiger partial charge < -0.3 is 4.90 Å². The first-order chi connectivity index (χ1) is 8.59. The summed E-state index contributed by atoms with van der Waals surface area (Å²) in [4.78, 5) is 24.1. The van der Waals surface area contributed by atoms with Crippen LogP contribution in [0.5, 0.6) is 0 Å². The van der Waals surface area contributed by atoms with E-state index < -0.39 is 11.0 Å². The zero-order valence-corrected chi connectivity index (χ0v) is 10.3. The summed E-state index contributed by atoms with van der Waals surface area (Å²) in [6.45, 7) is 2.82. The Bertz CT molecular complexity index is 447. The van der Waals surface area contributed by atoms with E-state index in [1.807, 2.05) is 30.3 Å². The average molecular weight is 248 g/mol. The van der Waals surface area contributed by atoms with Crippen LogP contribution in [0, 0.1) is 16.0 Å². The minimum Gasteiger partial charge on any atom is -0.332 e. The minimum atomic E-state index is -1.08. The van der Waals surface area contributed by atoms with E-state index in [2.05, 4.69) is 0 Å². The van der Waals surface area contributed by atoms with E-state index in [4.69, 9.17) is 0 Å². The maximum atomic E-state index is 12.1. The number of amides is 1. The van der Waals surface area contributed by atoms with E-state index in [9.17, 15) is 14.9 Å². The zero-order chi connectivity index (χ0) is 13.1. The van der Waals surface area contributed by atoms with Crippen LogP contribution in [0.4, 0.5) is 0 Å². The van der Waals surface area contributed by atoms with Crippen LogP contribution in [0.15, 0.2) is 30.3 Å². The molecule has 2 rings (SSSR count). The first kappa shape index (κ1) is 12.5. The maximum absolute atomic E-state index is 12.1. The predicted molar refractivity (Wildman–Crippen MR) is 66.4 cm³/mol. The number of carbonyl (C=O) groups is 1. The van der Waals surface area contributed by atoms with Gasteiger partial charge in [-0.25, -0.2) is 0 Å². The van der Waals surface area contributed by atoms with Crippen LogP contribution in [0.3, 0.4) is 0 Å². The second kappa shape index (κ2) is 5.16. The number of hydrogen-bond donors (Lipinski definition) is 0. The first-order valence-electron chi connectivity index (χ1n) is 6.06. The highest BCUT2D eigenvalue weighted by Crippen LogP contribution is 2.22. The van der Waals surface area contributed by atoms with Gasteiger partial charge in [0.05, 0.1) is 0 Å². The van der Waals surface area contributed by atoms with E-state index in [1.54, 1.807) is 11.8 Å². The normalized spacial score (nSPS) is 24.1. The SMILES string of the molecule is CC1CCN(Cc2ccccc2)C(=O)C1[N+](=O)[O-]. The van der Waals surface area contributed by atoms with Crippen molar-refractivity contribution in [1.29, 1.82) is 0 Å². The van der Waals surface area contributed by atoms with Gasteiger partial charge in [0.1, 0.15) is 0 Å². The van der Waals surface area contributed by atoms with Gasteiger partial charge in [0.2, 0.25) is 0 Å². The van der Waals surface area contributed by atoms with Crippen molar-refractivity contribution in [3.63, 3.8) is 0 Å². The molecule has 2 atom stereocenters. The van der Waals surface area contributed by atoms with Crippen molar-refractivity contribution < 1.29 is 9.72 Å². The fourth-order valence-corrected chi connectivity index (χ4v) is 2.32. The van der Waals surface area contributed by atoms with Crippen LogP contribution in [-0.4, -0.2) is 28.3 Å². The van der Waals surface area contributed by atoms with Gasteiger partial charge >= 0.3 is 0 Å². The molecule has 1 aliphatic rings. The van der Waals surface area contributed by atoms with Crippen molar-refractivity contribution >= 4 is 5.91 Å². The molecule has 0 bridgehead atoms. The third kappa shape index (κ3) is 2.50. The molecule has 0 aliphatic carbocycles. The molecule has 0 N–H and O–H groups in total. The van der Waals surface area contributed by atoms with Crippen molar-refractivity contribution in [2.24, 2.45) is 5.92 Å². The zero-order valence-electron chi connectivity index (χ0n) is 10.3. The molecule has 2 unspecified atom stereocenters. The highest BCUT2D eigenvalue weighted by molar-refractivity contribution is 5.81. The third-order valence-electron chi connectivity index (χ3n) is 3.40. The van der Waals surface area contributed by atoms with E-state index >= 15 is 0 Å². The van der Waals surface area contributed by atoms with E-state index in [1.165, 1.54) is 0 Å². The quantitative estimate of drug-likeness (QED) is 0.604. The van der Waals surface area contributed by atoms with Crippen molar-refractivity contribution in [3.05, 3.63) is 46.0 Å². The highest BCUT2D eigenvalue weighted by Gasteiger charge is 2.42. The smallest absolute Gasteiger partial charge is 0.297 e. The summed E-state index contributed by atoms with van der Waals surface area (Å²) >= 11 is 0. The lowest BCUT2D eigenvalue weighted by Crippen LogP contribution is -2.51. The lowest BCUT2D eigenvalue weighted by molar-refractivity contribution is -0.519. The molecule has 0 spiro atoms. The van der Waals surface area contributed by atoms with E-state index in [0.717, 1.165) is 5.56 Å². The summed E-state index contributed by atoms with van der Waals surface area (Å²) < 4.78 is 0. The molecule has 1 fully saturated rings. The Labute approximate surface area is 106 Å². The molecule has 18 heavy (non-hydrogen) atoms. The Kier molecular flexibility index (Phi) is 3.60. The molecular weight excluding hydrogens is 232 g/mol. The number of likely N-dealkylation sites (tertiary alicyclic amines) is 1. The number of nitro groups is 1. The van der Waals surface area contributed by atoms with Crippen LogP contribution in [0.1, 0.15) is 18.9 Å². The van der Waals surface area contributed by atoms with Gasteiger partial charge in [-0.05, 0) is 12.0 Å². The molecule has 0 saturated carbocycles. The van der Waals surface area contributed by atoms with Crippen LogP contribution in [0.25, 0.3) is 0 Å². The summed E-state index contributed by atoms with van der Waals surface area (Å²) in [5.74, 6) is -0.540. The third-order valence-corrected chi connectivity index (χ3v) is 3.40. The summed E-state index contributed by atoms with van der Waals surface area (Å²) in [7, 11) is 0. The standard InChI is InChI=1S/C13H16N2O3/c1-10-7-8-14(13(16)12(10)15(17)18)9-11-5-3-2-4-6-11/h2-6,10,12H,7-9H2,1H3. The van der Waals surface area contributed by atoms with Crippen LogP contribution in [-0.2, 0) is 11.3 Å². The van der Waals surface area contributed by atoms with Gasteiger partial charge in [-0.3, -0.25) is 14.9 Å². The fourth-order valence-electron chi connectivity index (χ4n) is 2.32. The fraction of sp³-hybridized carbons (Fsp3) is 0.462. The Morgan fingerprint density at radius 2 is 2.06 bits per heavy atom. The number of benzene rings is 1. The number of rotatable bonds is 3. The predicted octanol–water partition coefficient (Wildman–Crippen LogP) is 1.70. The summed E-state index contributed by atoms with van der Waals surface area (Å²) in [6.07, 6.45) is 0.685.